The highest BCUT2D eigenvalue weighted by Gasteiger charge is 2.16. The fraction of sp³-hybridized carbons (Fsp3) is 0.185. The van der Waals surface area contributed by atoms with Crippen LogP contribution in [0.3, 0.4) is 0 Å². The Morgan fingerprint density at radius 1 is 1.24 bits per heavy atom. The molecule has 5 rings (SSSR count). The minimum Gasteiger partial charge on any atom is -0.487 e. The van der Waals surface area contributed by atoms with E-state index in [2.05, 4.69) is 20.4 Å². The highest BCUT2D eigenvalue weighted by Crippen LogP contribution is 2.31. The number of fused-ring (bicyclic) bond motifs is 1. The zero-order valence-corrected chi connectivity index (χ0v) is 20.7. The van der Waals surface area contributed by atoms with E-state index in [1.807, 2.05) is 29.1 Å². The average Bonchev–Trinajstić information content (AvgIpc) is 3.32. The van der Waals surface area contributed by atoms with E-state index in [1.54, 1.807) is 30.3 Å². The van der Waals surface area contributed by atoms with Gasteiger partial charge in [0.2, 0.25) is 0 Å². The molecule has 1 aliphatic carbocycles. The molecule has 188 valence electrons. The van der Waals surface area contributed by atoms with Crippen molar-refractivity contribution in [2.75, 3.05) is 12.4 Å². The van der Waals surface area contributed by atoms with Gasteiger partial charge in [-0.2, -0.15) is 5.10 Å². The smallest absolute Gasteiger partial charge is 0.337 e. The molecule has 1 N–H and O–H groups in total. The first-order valence-electron chi connectivity index (χ1n) is 11.6. The number of esters is 1. The van der Waals surface area contributed by atoms with E-state index in [0.29, 0.717) is 57.4 Å². The largest absolute Gasteiger partial charge is 0.487 e. The summed E-state index contributed by atoms with van der Waals surface area (Å²) in [6.07, 6.45) is 9.70. The number of ether oxygens (including phenoxy) is 2. The highest BCUT2D eigenvalue weighted by molar-refractivity contribution is 6.32. The molecule has 0 bridgehead atoms. The molecule has 0 saturated heterocycles. The summed E-state index contributed by atoms with van der Waals surface area (Å²) in [5.74, 6) is 0.562. The summed E-state index contributed by atoms with van der Waals surface area (Å²) in [7, 11) is 1.37. The zero-order valence-electron chi connectivity index (χ0n) is 19.9. The number of carbonyl (C=O) groups excluding carboxylic acids is 1. The predicted molar refractivity (Wildman–Crippen MR) is 138 cm³/mol. The summed E-state index contributed by atoms with van der Waals surface area (Å²) in [5, 5.41) is 8.33. The Kier molecular flexibility index (Phi) is 7.14. The first kappa shape index (κ1) is 24.5. The minimum absolute atomic E-state index is 0.186. The summed E-state index contributed by atoms with van der Waals surface area (Å²) in [4.78, 5) is 20.4. The third-order valence-corrected chi connectivity index (χ3v) is 6.15. The summed E-state index contributed by atoms with van der Waals surface area (Å²) in [6.45, 7) is 0.824. The molecule has 2 heterocycles. The number of rotatable bonds is 8. The number of nitrogens with one attached hydrogen (secondary N) is 1. The molecule has 1 unspecified atom stereocenters. The van der Waals surface area contributed by atoms with Gasteiger partial charge in [0.05, 0.1) is 23.9 Å². The fourth-order valence-electron chi connectivity index (χ4n) is 4.00. The van der Waals surface area contributed by atoms with Gasteiger partial charge in [0.15, 0.2) is 11.3 Å². The molecule has 0 amide bonds. The van der Waals surface area contributed by atoms with Crippen LogP contribution in [0.5, 0.6) is 5.75 Å². The van der Waals surface area contributed by atoms with Crippen molar-refractivity contribution in [2.24, 2.45) is 5.92 Å². The maximum absolute atomic E-state index is 13.4. The number of hydrogen-bond acceptors (Lipinski definition) is 7. The number of aromatic nitrogens is 4. The lowest BCUT2D eigenvalue weighted by Gasteiger charge is -2.15. The number of anilines is 2. The predicted octanol–water partition coefficient (Wildman–Crippen LogP) is 5.62. The Hall–Kier alpha value is -4.24. The molecule has 1 aliphatic rings. The molecular weight excluding hydrogens is 497 g/mol. The Labute approximate surface area is 217 Å². The number of allylic oxidation sites excluding steroid dienone is 2. The molecule has 0 saturated carbocycles. The van der Waals surface area contributed by atoms with Crippen LogP contribution in [0, 0.1) is 11.7 Å². The van der Waals surface area contributed by atoms with Crippen LogP contribution in [0.15, 0.2) is 78.8 Å². The minimum atomic E-state index is -0.336. The molecule has 10 heteroatoms. The van der Waals surface area contributed by atoms with Crippen LogP contribution >= 0.6 is 11.6 Å². The van der Waals surface area contributed by atoms with Crippen LogP contribution in [-0.2, 0) is 22.7 Å². The fourth-order valence-corrected chi connectivity index (χ4v) is 4.23. The van der Waals surface area contributed by atoms with Crippen molar-refractivity contribution in [1.29, 1.82) is 0 Å². The Bertz CT molecular complexity index is 1520. The molecule has 4 aromatic rings. The third-order valence-electron chi connectivity index (χ3n) is 5.86. The van der Waals surface area contributed by atoms with Gasteiger partial charge in [-0.3, -0.25) is 4.68 Å². The lowest BCUT2D eigenvalue weighted by Crippen LogP contribution is -2.13. The second-order valence-corrected chi connectivity index (χ2v) is 8.91. The van der Waals surface area contributed by atoms with E-state index >= 15 is 0 Å². The molecule has 0 aliphatic heterocycles. The van der Waals surface area contributed by atoms with E-state index in [-0.39, 0.29) is 24.3 Å². The van der Waals surface area contributed by atoms with E-state index < -0.39 is 0 Å². The van der Waals surface area contributed by atoms with Gasteiger partial charge in [-0.15, -0.1) is 0 Å². The Balaban J connectivity index is 1.26. The summed E-state index contributed by atoms with van der Waals surface area (Å²) in [5.41, 5.74) is 3.29. The van der Waals surface area contributed by atoms with Gasteiger partial charge in [-0.1, -0.05) is 42.0 Å². The molecular formula is C27H23ClFN5O3. The van der Waals surface area contributed by atoms with Crippen LogP contribution in [0.25, 0.3) is 11.0 Å². The molecule has 2 aromatic carbocycles. The molecule has 2 aromatic heterocycles. The van der Waals surface area contributed by atoms with Gasteiger partial charge < -0.3 is 14.8 Å². The molecule has 0 fully saturated rings. The van der Waals surface area contributed by atoms with Gasteiger partial charge in [0.1, 0.15) is 30.0 Å². The van der Waals surface area contributed by atoms with Gasteiger partial charge >= 0.3 is 5.97 Å². The summed E-state index contributed by atoms with van der Waals surface area (Å²) < 4.78 is 25.7. The lowest BCUT2D eigenvalue weighted by molar-refractivity contribution is -0.135. The van der Waals surface area contributed by atoms with Crippen LogP contribution in [0.1, 0.15) is 12.0 Å². The number of halogens is 2. The molecule has 8 nitrogen and oxygen atoms in total. The number of methoxy groups -OCH3 is 1. The number of carbonyl (C=O) groups is 1. The van der Waals surface area contributed by atoms with Crippen molar-refractivity contribution in [3.05, 3.63) is 95.2 Å². The number of benzene rings is 2. The van der Waals surface area contributed by atoms with Crippen molar-refractivity contribution in [1.82, 2.24) is 19.7 Å². The van der Waals surface area contributed by atoms with Crippen molar-refractivity contribution in [3.8, 4) is 5.75 Å². The van der Waals surface area contributed by atoms with Crippen molar-refractivity contribution < 1.29 is 18.7 Å². The van der Waals surface area contributed by atoms with Crippen molar-refractivity contribution >= 4 is 40.1 Å². The van der Waals surface area contributed by atoms with E-state index in [1.165, 1.54) is 25.6 Å². The lowest BCUT2D eigenvalue weighted by atomic mass is 9.97. The molecule has 0 spiro atoms. The van der Waals surface area contributed by atoms with Crippen molar-refractivity contribution in [2.45, 2.75) is 19.6 Å². The molecule has 1 atom stereocenters. The first-order valence-corrected chi connectivity index (χ1v) is 11.9. The summed E-state index contributed by atoms with van der Waals surface area (Å²) in [6, 6.07) is 11.5. The Morgan fingerprint density at radius 2 is 2.14 bits per heavy atom. The Morgan fingerprint density at radius 3 is 2.89 bits per heavy atom. The van der Waals surface area contributed by atoms with Gasteiger partial charge in [0.25, 0.3) is 0 Å². The van der Waals surface area contributed by atoms with E-state index in [9.17, 15) is 9.18 Å². The van der Waals surface area contributed by atoms with Crippen molar-refractivity contribution in [3.63, 3.8) is 0 Å². The first-order chi connectivity index (χ1) is 18.0. The highest BCUT2D eigenvalue weighted by atomic mass is 35.5. The molecule has 37 heavy (non-hydrogen) atoms. The van der Waals surface area contributed by atoms with Gasteiger partial charge in [0, 0.05) is 18.2 Å². The topological polar surface area (TPSA) is 91.2 Å². The SMILES string of the molecule is COC(=O)C1=CCC(Cn2cc3ncnc(Nc4ccc(OCc5cccc(F)c5)c(Cl)c4)c3n2)C=C1. The summed E-state index contributed by atoms with van der Waals surface area (Å²) >= 11 is 6.43. The van der Waals surface area contributed by atoms with Gasteiger partial charge in [-0.25, -0.2) is 19.2 Å². The van der Waals surface area contributed by atoms with Crippen LogP contribution in [0.2, 0.25) is 5.02 Å². The van der Waals surface area contributed by atoms with Gasteiger partial charge in [-0.05, 0) is 42.3 Å². The standard InChI is InChI=1S/C27H23ClFN5O3/c1-36-27(35)19-7-5-17(6-8-19)13-34-14-23-25(33-34)26(31-16-30-23)32-21-9-10-24(22(28)12-21)37-15-18-3-2-4-20(29)11-18/h2-5,7-12,14,16-17H,6,13,15H2,1H3,(H,30,31,32). The maximum Gasteiger partial charge on any atom is 0.337 e. The average molecular weight is 520 g/mol. The van der Waals surface area contributed by atoms with Crippen LogP contribution in [-0.4, -0.2) is 32.8 Å². The van der Waals surface area contributed by atoms with E-state index in [4.69, 9.17) is 21.1 Å². The number of hydrogen-bond donors (Lipinski definition) is 1. The van der Waals surface area contributed by atoms with E-state index in [0.717, 1.165) is 0 Å². The second kappa shape index (κ2) is 10.8. The zero-order chi connectivity index (χ0) is 25.8. The normalized spacial score (nSPS) is 14.9. The maximum atomic E-state index is 13.4. The van der Waals surface area contributed by atoms with Crippen LogP contribution in [0.4, 0.5) is 15.9 Å². The third kappa shape index (κ3) is 5.78. The second-order valence-electron chi connectivity index (χ2n) is 8.50. The van der Waals surface area contributed by atoms with Crippen LogP contribution < -0.4 is 10.1 Å². The number of nitrogens with zero attached hydrogens (tertiary/aromatic N) is 4. The quantitative estimate of drug-likeness (QED) is 0.302. The molecule has 0 radical (unpaired) electrons. The monoisotopic (exact) mass is 519 g/mol.